The highest BCUT2D eigenvalue weighted by atomic mass is 35.5. The van der Waals surface area contributed by atoms with Crippen LogP contribution in [0.15, 0.2) is 29.4 Å². The lowest BCUT2D eigenvalue weighted by Crippen LogP contribution is -2.24. The molecule has 0 aliphatic carbocycles. The molecule has 1 aromatic carbocycles. The zero-order valence-corrected chi connectivity index (χ0v) is 10.1. The highest BCUT2D eigenvalue weighted by Crippen LogP contribution is 2.18. The van der Waals surface area contributed by atoms with Crippen LogP contribution in [0.25, 0.3) is 0 Å². The molecule has 0 radical (unpaired) electrons. The molecule has 0 spiro atoms. The number of nitrogens with zero attached hydrogens (tertiary/aromatic N) is 1. The van der Waals surface area contributed by atoms with Gasteiger partial charge in [0, 0.05) is 10.7 Å². The average molecular weight is 279 g/mol. The molecule has 0 aliphatic heterocycles. The number of rotatable bonds is 4. The van der Waals surface area contributed by atoms with Crippen molar-refractivity contribution in [1.82, 2.24) is 0 Å². The molecule has 3 nitrogen and oxygen atoms in total. The Morgan fingerprint density at radius 1 is 1.33 bits per heavy atom. The van der Waals surface area contributed by atoms with Gasteiger partial charge >= 0.3 is 6.18 Å². The van der Waals surface area contributed by atoms with Crippen molar-refractivity contribution in [2.45, 2.75) is 19.5 Å². The largest absolute Gasteiger partial charge is 0.450 e. The SMILES string of the molecule is C/C(CC(=O)C(F)(F)F)=N/Nc1ccc(Cl)cc1. The van der Waals surface area contributed by atoms with Crippen LogP contribution < -0.4 is 5.43 Å². The molecule has 0 unspecified atom stereocenters. The summed E-state index contributed by atoms with van der Waals surface area (Å²) >= 11 is 5.66. The van der Waals surface area contributed by atoms with Crippen molar-refractivity contribution in [2.75, 3.05) is 5.43 Å². The lowest BCUT2D eigenvalue weighted by molar-refractivity contribution is -0.169. The quantitative estimate of drug-likeness (QED) is 0.675. The van der Waals surface area contributed by atoms with Crippen molar-refractivity contribution < 1.29 is 18.0 Å². The van der Waals surface area contributed by atoms with E-state index in [9.17, 15) is 18.0 Å². The van der Waals surface area contributed by atoms with Crippen molar-refractivity contribution in [3.8, 4) is 0 Å². The summed E-state index contributed by atoms with van der Waals surface area (Å²) in [5, 5.41) is 4.22. The maximum atomic E-state index is 12.0. The van der Waals surface area contributed by atoms with Crippen LogP contribution in [0.5, 0.6) is 0 Å². The van der Waals surface area contributed by atoms with Gasteiger partial charge in [-0.2, -0.15) is 18.3 Å². The Hall–Kier alpha value is -1.56. The van der Waals surface area contributed by atoms with Gasteiger partial charge in [0.1, 0.15) is 0 Å². The third-order valence-corrected chi connectivity index (χ3v) is 2.20. The van der Waals surface area contributed by atoms with Gasteiger partial charge in [0.05, 0.1) is 12.1 Å². The van der Waals surface area contributed by atoms with E-state index < -0.39 is 18.4 Å². The van der Waals surface area contributed by atoms with E-state index in [4.69, 9.17) is 11.6 Å². The number of benzene rings is 1. The first-order valence-electron chi connectivity index (χ1n) is 4.94. The zero-order chi connectivity index (χ0) is 13.8. The van der Waals surface area contributed by atoms with E-state index in [1.54, 1.807) is 24.3 Å². The van der Waals surface area contributed by atoms with Crippen LogP contribution in [0.3, 0.4) is 0 Å². The summed E-state index contributed by atoms with van der Waals surface area (Å²) in [6.45, 7) is 1.34. The van der Waals surface area contributed by atoms with Crippen molar-refractivity contribution >= 4 is 28.8 Å². The van der Waals surface area contributed by atoms with E-state index in [1.165, 1.54) is 6.92 Å². The predicted molar refractivity (Wildman–Crippen MR) is 63.9 cm³/mol. The number of alkyl halides is 3. The molecule has 0 amide bonds. The monoisotopic (exact) mass is 278 g/mol. The van der Waals surface area contributed by atoms with Crippen molar-refractivity contribution in [2.24, 2.45) is 5.10 Å². The molecule has 98 valence electrons. The summed E-state index contributed by atoms with van der Waals surface area (Å²) in [6, 6.07) is 6.45. The number of carbonyl (C=O) groups excluding carboxylic acids is 1. The van der Waals surface area contributed by atoms with E-state index in [0.29, 0.717) is 10.7 Å². The molecule has 1 aromatic rings. The Morgan fingerprint density at radius 3 is 2.39 bits per heavy atom. The molecular formula is C11H10ClF3N2O. The molecule has 0 aromatic heterocycles. The first-order chi connectivity index (χ1) is 8.29. The minimum Gasteiger partial charge on any atom is -0.289 e. The van der Waals surface area contributed by atoms with Crippen LogP contribution in [0.2, 0.25) is 5.02 Å². The van der Waals surface area contributed by atoms with Crippen molar-refractivity contribution in [1.29, 1.82) is 0 Å². The van der Waals surface area contributed by atoms with Gasteiger partial charge in [-0.15, -0.1) is 0 Å². The Morgan fingerprint density at radius 2 is 1.89 bits per heavy atom. The Bertz CT molecular complexity index is 454. The van der Waals surface area contributed by atoms with E-state index in [2.05, 4.69) is 10.5 Å². The molecule has 7 heteroatoms. The molecule has 18 heavy (non-hydrogen) atoms. The van der Waals surface area contributed by atoms with Crippen molar-refractivity contribution in [3.63, 3.8) is 0 Å². The van der Waals surface area contributed by atoms with Gasteiger partial charge in [-0.25, -0.2) is 0 Å². The Labute approximate surface area is 107 Å². The smallest absolute Gasteiger partial charge is 0.289 e. The first kappa shape index (κ1) is 14.5. The molecule has 0 heterocycles. The van der Waals surface area contributed by atoms with Gasteiger partial charge in [-0.05, 0) is 31.2 Å². The normalized spacial score (nSPS) is 12.4. The van der Waals surface area contributed by atoms with Gasteiger partial charge in [-0.1, -0.05) is 11.6 Å². The fourth-order valence-electron chi connectivity index (χ4n) is 1.06. The molecular weight excluding hydrogens is 269 g/mol. The van der Waals surface area contributed by atoms with Crippen LogP contribution in [0.1, 0.15) is 13.3 Å². The minimum atomic E-state index is -4.82. The molecule has 0 saturated carbocycles. The van der Waals surface area contributed by atoms with Gasteiger partial charge < -0.3 is 0 Å². The van der Waals surface area contributed by atoms with Gasteiger partial charge in [-0.3, -0.25) is 10.2 Å². The summed E-state index contributed by atoms with van der Waals surface area (Å²) in [6.07, 6.45) is -5.58. The second-order valence-electron chi connectivity index (χ2n) is 3.56. The number of halogens is 4. The molecule has 0 atom stereocenters. The topological polar surface area (TPSA) is 41.5 Å². The second-order valence-corrected chi connectivity index (χ2v) is 4.00. The number of ketones is 1. The molecule has 0 aliphatic rings. The fraction of sp³-hybridized carbons (Fsp3) is 0.273. The number of hydrogen-bond acceptors (Lipinski definition) is 3. The number of hydrogen-bond donors (Lipinski definition) is 1. The standard InChI is InChI=1S/C11H10ClF3N2O/c1-7(6-10(18)11(13,14)15)16-17-9-4-2-8(12)3-5-9/h2-5,17H,6H2,1H3/b16-7-. The van der Waals surface area contributed by atoms with Crippen molar-refractivity contribution in [3.05, 3.63) is 29.3 Å². The molecule has 0 bridgehead atoms. The van der Waals surface area contributed by atoms with Crippen LogP contribution in [0.4, 0.5) is 18.9 Å². The third kappa shape index (κ3) is 4.75. The lowest BCUT2D eigenvalue weighted by Gasteiger charge is -2.05. The number of hydrazone groups is 1. The molecule has 0 saturated heterocycles. The maximum absolute atomic E-state index is 12.0. The Kier molecular flexibility index (Phi) is 4.72. The van der Waals surface area contributed by atoms with E-state index in [1.807, 2.05) is 0 Å². The highest BCUT2D eigenvalue weighted by Gasteiger charge is 2.37. The average Bonchev–Trinajstić information content (AvgIpc) is 2.27. The maximum Gasteiger partial charge on any atom is 0.450 e. The van der Waals surface area contributed by atoms with E-state index >= 15 is 0 Å². The summed E-state index contributed by atoms with van der Waals surface area (Å²) in [5.74, 6) is -1.82. The number of nitrogens with one attached hydrogen (secondary N) is 1. The number of Topliss-reactive ketones (excluding diaryl/α,β-unsaturated/α-hetero) is 1. The second kappa shape index (κ2) is 5.86. The van der Waals surface area contributed by atoms with Crippen LogP contribution in [-0.2, 0) is 4.79 Å². The van der Waals surface area contributed by atoms with Gasteiger partial charge in [0.25, 0.3) is 0 Å². The van der Waals surface area contributed by atoms with E-state index in [0.717, 1.165) is 0 Å². The Balaban J connectivity index is 2.57. The molecule has 0 fully saturated rings. The van der Waals surface area contributed by atoms with Crippen LogP contribution in [0, 0.1) is 0 Å². The minimum absolute atomic E-state index is 0.0484. The van der Waals surface area contributed by atoms with E-state index in [-0.39, 0.29) is 5.71 Å². The highest BCUT2D eigenvalue weighted by molar-refractivity contribution is 6.30. The van der Waals surface area contributed by atoms with Gasteiger partial charge in [0.2, 0.25) is 5.78 Å². The molecule has 1 N–H and O–H groups in total. The number of anilines is 1. The third-order valence-electron chi connectivity index (χ3n) is 1.95. The summed E-state index contributed by atoms with van der Waals surface area (Å²) < 4.78 is 35.9. The summed E-state index contributed by atoms with van der Waals surface area (Å²) in [4.78, 5) is 10.7. The molecule has 1 rings (SSSR count). The predicted octanol–water partition coefficient (Wildman–Crippen LogP) is 3.65. The number of carbonyl (C=O) groups is 1. The first-order valence-corrected chi connectivity index (χ1v) is 5.31. The summed E-state index contributed by atoms with van der Waals surface area (Å²) in [5.41, 5.74) is 3.15. The lowest BCUT2D eigenvalue weighted by atomic mass is 10.2. The van der Waals surface area contributed by atoms with Gasteiger partial charge in [0.15, 0.2) is 0 Å². The van der Waals surface area contributed by atoms with Crippen LogP contribution >= 0.6 is 11.6 Å². The summed E-state index contributed by atoms with van der Waals surface area (Å²) in [7, 11) is 0. The fourth-order valence-corrected chi connectivity index (χ4v) is 1.18. The zero-order valence-electron chi connectivity index (χ0n) is 9.38. The van der Waals surface area contributed by atoms with Crippen LogP contribution in [-0.4, -0.2) is 17.7 Å².